The van der Waals surface area contributed by atoms with Crippen LogP contribution in [0.3, 0.4) is 0 Å². The lowest BCUT2D eigenvalue weighted by molar-refractivity contribution is -0.132. The molecule has 1 aromatic heterocycles. The van der Waals surface area contributed by atoms with E-state index in [4.69, 9.17) is 0 Å². The SMILES string of the molecule is CN(Cc1cnn(C)c1)C(=O)C1CNCCN1. The number of aryl methyl sites for hydroxylation is 1. The van der Waals surface area contributed by atoms with Crippen LogP contribution in [0.5, 0.6) is 0 Å². The van der Waals surface area contributed by atoms with Crippen molar-refractivity contribution in [2.24, 2.45) is 7.05 Å². The summed E-state index contributed by atoms with van der Waals surface area (Å²) >= 11 is 0. The molecular formula is C11H19N5O. The van der Waals surface area contributed by atoms with Crippen LogP contribution in [0.2, 0.25) is 0 Å². The van der Waals surface area contributed by atoms with Gasteiger partial charge < -0.3 is 15.5 Å². The Balaban J connectivity index is 1.90. The quantitative estimate of drug-likeness (QED) is 0.703. The monoisotopic (exact) mass is 237 g/mol. The molecule has 0 radical (unpaired) electrons. The van der Waals surface area contributed by atoms with E-state index in [0.29, 0.717) is 13.1 Å². The molecule has 1 amide bonds. The van der Waals surface area contributed by atoms with Crippen LogP contribution in [0.4, 0.5) is 0 Å². The molecule has 6 nitrogen and oxygen atoms in total. The van der Waals surface area contributed by atoms with Crippen molar-refractivity contribution in [2.75, 3.05) is 26.7 Å². The smallest absolute Gasteiger partial charge is 0.241 e. The Morgan fingerprint density at radius 2 is 2.47 bits per heavy atom. The first-order valence-electron chi connectivity index (χ1n) is 5.83. The van der Waals surface area contributed by atoms with E-state index in [1.807, 2.05) is 20.3 Å². The van der Waals surface area contributed by atoms with Crippen molar-refractivity contribution in [1.29, 1.82) is 0 Å². The Labute approximate surface area is 101 Å². The van der Waals surface area contributed by atoms with Crippen LogP contribution in [0, 0.1) is 0 Å². The number of carbonyl (C=O) groups excluding carboxylic acids is 1. The zero-order chi connectivity index (χ0) is 12.3. The molecule has 2 rings (SSSR count). The van der Waals surface area contributed by atoms with Crippen LogP contribution >= 0.6 is 0 Å². The highest BCUT2D eigenvalue weighted by atomic mass is 16.2. The number of likely N-dealkylation sites (N-methyl/N-ethyl adjacent to an activating group) is 1. The molecule has 1 unspecified atom stereocenters. The van der Waals surface area contributed by atoms with E-state index < -0.39 is 0 Å². The molecule has 1 aromatic rings. The van der Waals surface area contributed by atoms with Gasteiger partial charge in [-0.1, -0.05) is 0 Å². The lowest BCUT2D eigenvalue weighted by atomic mass is 10.2. The summed E-state index contributed by atoms with van der Waals surface area (Å²) in [6, 6.07) is -0.106. The van der Waals surface area contributed by atoms with Crippen molar-refractivity contribution in [1.82, 2.24) is 25.3 Å². The largest absolute Gasteiger partial charge is 0.340 e. The van der Waals surface area contributed by atoms with Gasteiger partial charge in [-0.25, -0.2) is 0 Å². The number of piperazine rings is 1. The lowest BCUT2D eigenvalue weighted by Gasteiger charge is -2.27. The van der Waals surface area contributed by atoms with Crippen LogP contribution in [0.15, 0.2) is 12.4 Å². The van der Waals surface area contributed by atoms with E-state index in [-0.39, 0.29) is 11.9 Å². The molecule has 1 aliphatic rings. The van der Waals surface area contributed by atoms with Crippen molar-refractivity contribution < 1.29 is 4.79 Å². The first kappa shape index (κ1) is 12.1. The number of nitrogens with one attached hydrogen (secondary N) is 2. The van der Waals surface area contributed by atoms with E-state index in [0.717, 1.165) is 18.7 Å². The number of carbonyl (C=O) groups is 1. The van der Waals surface area contributed by atoms with Crippen molar-refractivity contribution in [2.45, 2.75) is 12.6 Å². The third kappa shape index (κ3) is 3.04. The van der Waals surface area contributed by atoms with Gasteiger partial charge in [-0.15, -0.1) is 0 Å². The molecule has 1 saturated heterocycles. The highest BCUT2D eigenvalue weighted by Gasteiger charge is 2.23. The summed E-state index contributed by atoms with van der Waals surface area (Å²) in [6.07, 6.45) is 3.71. The van der Waals surface area contributed by atoms with E-state index in [2.05, 4.69) is 15.7 Å². The number of hydrogen-bond donors (Lipinski definition) is 2. The number of aromatic nitrogens is 2. The first-order valence-corrected chi connectivity index (χ1v) is 5.83. The Morgan fingerprint density at radius 1 is 1.65 bits per heavy atom. The fraction of sp³-hybridized carbons (Fsp3) is 0.636. The van der Waals surface area contributed by atoms with Gasteiger partial charge in [0.25, 0.3) is 0 Å². The molecule has 0 aromatic carbocycles. The third-order valence-corrected chi connectivity index (χ3v) is 2.89. The summed E-state index contributed by atoms with van der Waals surface area (Å²) in [7, 11) is 3.70. The van der Waals surface area contributed by atoms with E-state index in [9.17, 15) is 4.79 Å². The van der Waals surface area contributed by atoms with Crippen LogP contribution in [0.25, 0.3) is 0 Å². The van der Waals surface area contributed by atoms with E-state index >= 15 is 0 Å². The van der Waals surface area contributed by atoms with Gasteiger partial charge in [-0.05, 0) is 0 Å². The molecule has 0 spiro atoms. The maximum atomic E-state index is 12.1. The van der Waals surface area contributed by atoms with Crippen molar-refractivity contribution >= 4 is 5.91 Å². The first-order chi connectivity index (χ1) is 8.16. The summed E-state index contributed by atoms with van der Waals surface area (Å²) in [6.45, 7) is 3.08. The molecule has 0 bridgehead atoms. The maximum Gasteiger partial charge on any atom is 0.241 e. The fourth-order valence-electron chi connectivity index (χ4n) is 2.00. The molecule has 2 N–H and O–H groups in total. The molecule has 0 aliphatic carbocycles. The fourth-order valence-corrected chi connectivity index (χ4v) is 2.00. The summed E-state index contributed by atoms with van der Waals surface area (Å²) in [5, 5.41) is 10.5. The van der Waals surface area contributed by atoms with Gasteiger partial charge in [0.05, 0.1) is 12.2 Å². The predicted molar refractivity (Wildman–Crippen MR) is 64.3 cm³/mol. The molecule has 1 atom stereocenters. The molecular weight excluding hydrogens is 218 g/mol. The van der Waals surface area contributed by atoms with Gasteiger partial charge in [0.1, 0.15) is 0 Å². The second kappa shape index (κ2) is 5.29. The Hall–Kier alpha value is -1.40. The minimum Gasteiger partial charge on any atom is -0.340 e. The van der Waals surface area contributed by atoms with Crippen LogP contribution in [-0.4, -0.2) is 53.3 Å². The lowest BCUT2D eigenvalue weighted by Crippen LogP contribution is -2.55. The highest BCUT2D eigenvalue weighted by Crippen LogP contribution is 2.03. The minimum absolute atomic E-state index is 0.106. The standard InChI is InChI=1S/C11H19N5O/c1-15(7-9-5-14-16(2)8-9)11(17)10-6-12-3-4-13-10/h5,8,10,12-13H,3-4,6-7H2,1-2H3. The van der Waals surface area contributed by atoms with E-state index in [1.54, 1.807) is 15.8 Å². The van der Waals surface area contributed by atoms with E-state index in [1.165, 1.54) is 0 Å². The molecule has 2 heterocycles. The van der Waals surface area contributed by atoms with Gasteiger partial charge >= 0.3 is 0 Å². The van der Waals surface area contributed by atoms with Crippen LogP contribution in [-0.2, 0) is 18.4 Å². The van der Waals surface area contributed by atoms with Gasteiger partial charge in [-0.2, -0.15) is 5.10 Å². The predicted octanol–water partition coefficient (Wildman–Crippen LogP) is -1.06. The Kier molecular flexibility index (Phi) is 3.75. The second-order valence-electron chi connectivity index (χ2n) is 4.43. The van der Waals surface area contributed by atoms with Gasteiger partial charge in [0.15, 0.2) is 0 Å². The van der Waals surface area contributed by atoms with Crippen molar-refractivity contribution in [3.05, 3.63) is 18.0 Å². The minimum atomic E-state index is -0.106. The topological polar surface area (TPSA) is 62.2 Å². The Bertz CT molecular complexity index is 383. The van der Waals surface area contributed by atoms with Gasteiger partial charge in [0.2, 0.25) is 5.91 Å². The zero-order valence-corrected chi connectivity index (χ0v) is 10.3. The summed E-state index contributed by atoms with van der Waals surface area (Å²) in [4.78, 5) is 13.8. The van der Waals surface area contributed by atoms with Crippen molar-refractivity contribution in [3.63, 3.8) is 0 Å². The molecule has 94 valence electrons. The molecule has 1 aliphatic heterocycles. The number of amides is 1. The summed E-state index contributed by atoms with van der Waals surface area (Å²) < 4.78 is 1.74. The molecule has 6 heteroatoms. The number of nitrogens with zero attached hydrogens (tertiary/aromatic N) is 3. The van der Waals surface area contributed by atoms with Crippen molar-refractivity contribution in [3.8, 4) is 0 Å². The molecule has 1 fully saturated rings. The zero-order valence-electron chi connectivity index (χ0n) is 10.3. The number of hydrogen-bond acceptors (Lipinski definition) is 4. The average Bonchev–Trinajstić information content (AvgIpc) is 2.75. The summed E-state index contributed by atoms with van der Waals surface area (Å²) in [5.74, 6) is 0.126. The maximum absolute atomic E-state index is 12.1. The molecule has 17 heavy (non-hydrogen) atoms. The van der Waals surface area contributed by atoms with Crippen LogP contribution in [0.1, 0.15) is 5.56 Å². The van der Waals surface area contributed by atoms with Crippen LogP contribution < -0.4 is 10.6 Å². The number of rotatable bonds is 3. The highest BCUT2D eigenvalue weighted by molar-refractivity contribution is 5.82. The normalized spacial score (nSPS) is 20.2. The summed E-state index contributed by atoms with van der Waals surface area (Å²) in [5.41, 5.74) is 1.05. The van der Waals surface area contributed by atoms with Gasteiger partial charge in [0, 0.05) is 52.0 Å². The molecule has 0 saturated carbocycles. The Morgan fingerprint density at radius 3 is 3.06 bits per heavy atom. The second-order valence-corrected chi connectivity index (χ2v) is 4.43. The van der Waals surface area contributed by atoms with Gasteiger partial charge in [-0.3, -0.25) is 9.48 Å². The average molecular weight is 237 g/mol. The third-order valence-electron chi connectivity index (χ3n) is 2.89.